The molecular formula is C57H53NO5. The molecule has 1 aliphatic rings. The summed E-state index contributed by atoms with van der Waals surface area (Å²) in [5, 5.41) is 0. The van der Waals surface area contributed by atoms with Crippen molar-refractivity contribution in [2.24, 2.45) is 0 Å². The van der Waals surface area contributed by atoms with E-state index in [0.717, 1.165) is 69.4 Å². The Bertz CT molecular complexity index is 2610. The van der Waals surface area contributed by atoms with Crippen LogP contribution in [0.4, 0.5) is 17.1 Å². The van der Waals surface area contributed by atoms with Crippen LogP contribution in [0.2, 0.25) is 0 Å². The highest BCUT2D eigenvalue weighted by molar-refractivity contribution is 5.79. The van der Waals surface area contributed by atoms with Gasteiger partial charge in [-0.25, -0.2) is 0 Å². The summed E-state index contributed by atoms with van der Waals surface area (Å²) in [5.74, 6) is 2.61. The summed E-state index contributed by atoms with van der Waals surface area (Å²) in [6, 6.07) is 58.4. The predicted octanol–water partition coefficient (Wildman–Crippen LogP) is 14.4. The number of carbonyl (C=O) groups excluding carboxylic acids is 1. The summed E-state index contributed by atoms with van der Waals surface area (Å²) >= 11 is 0. The van der Waals surface area contributed by atoms with Crippen LogP contribution < -0.4 is 23.8 Å². The Kier molecular flexibility index (Phi) is 13.5. The van der Waals surface area contributed by atoms with E-state index in [0.29, 0.717) is 5.75 Å². The molecule has 0 spiro atoms. The lowest BCUT2D eigenvalue weighted by Crippen LogP contribution is -2.30. The Hall–Kier alpha value is -7.31. The second-order valence-electron chi connectivity index (χ2n) is 16.1. The van der Waals surface area contributed by atoms with Gasteiger partial charge in [0.1, 0.15) is 23.0 Å². The normalized spacial score (nSPS) is 13.4. The van der Waals surface area contributed by atoms with Crippen molar-refractivity contribution in [3.63, 3.8) is 0 Å². The van der Waals surface area contributed by atoms with E-state index >= 15 is 0 Å². The molecule has 7 aromatic carbocycles. The fourth-order valence-corrected chi connectivity index (χ4v) is 8.33. The van der Waals surface area contributed by atoms with Crippen molar-refractivity contribution in [2.75, 3.05) is 18.8 Å². The Morgan fingerprint density at radius 2 is 0.857 bits per heavy atom. The van der Waals surface area contributed by atoms with Crippen LogP contribution in [0.1, 0.15) is 78.0 Å². The molecule has 1 fully saturated rings. The highest BCUT2D eigenvalue weighted by Gasteiger charge is 2.35. The topological polar surface area (TPSA) is 57.2 Å². The number of ether oxygens (including phenoxy) is 4. The molecule has 63 heavy (non-hydrogen) atoms. The van der Waals surface area contributed by atoms with Gasteiger partial charge in [-0.2, -0.15) is 0 Å². The Morgan fingerprint density at radius 1 is 0.492 bits per heavy atom. The molecule has 6 nitrogen and oxygen atoms in total. The van der Waals surface area contributed by atoms with Gasteiger partial charge >= 0.3 is 5.97 Å². The third kappa shape index (κ3) is 10.8. The first-order valence-corrected chi connectivity index (χ1v) is 21.7. The summed E-state index contributed by atoms with van der Waals surface area (Å²) in [6.45, 7) is 3.64. The second-order valence-corrected chi connectivity index (χ2v) is 16.1. The number of carbonyl (C=O) groups is 1. The van der Waals surface area contributed by atoms with Crippen LogP contribution >= 0.6 is 0 Å². The van der Waals surface area contributed by atoms with Gasteiger partial charge in [0.15, 0.2) is 0 Å². The lowest BCUT2D eigenvalue weighted by atomic mass is 9.65. The van der Waals surface area contributed by atoms with Gasteiger partial charge in [-0.3, -0.25) is 4.79 Å². The van der Waals surface area contributed by atoms with E-state index in [1.54, 1.807) is 7.11 Å². The number of rotatable bonds is 15. The molecule has 8 rings (SSSR count). The number of aryl methyl sites for hydroxylation is 1. The SMILES string of the molecule is COc1ccc(C=Cc2ccc(N(c3ccc(C)cc3)c3ccc(C=Cc4ccc(OCOc5ccc(C6(c7ccc(OC(C)=O)cc7)CCCCC6)cc5)cc4)cc3)cc2)cc1. The summed E-state index contributed by atoms with van der Waals surface area (Å²) in [7, 11) is 1.68. The van der Waals surface area contributed by atoms with Crippen LogP contribution in [0.15, 0.2) is 170 Å². The van der Waals surface area contributed by atoms with Gasteiger partial charge in [0.25, 0.3) is 0 Å². The Balaban J connectivity index is 0.869. The third-order valence-electron chi connectivity index (χ3n) is 11.8. The van der Waals surface area contributed by atoms with Crippen molar-refractivity contribution in [2.45, 2.75) is 51.4 Å². The smallest absolute Gasteiger partial charge is 0.308 e. The van der Waals surface area contributed by atoms with Crippen molar-refractivity contribution in [3.05, 3.63) is 209 Å². The van der Waals surface area contributed by atoms with Gasteiger partial charge in [0, 0.05) is 29.4 Å². The Labute approximate surface area is 371 Å². The van der Waals surface area contributed by atoms with Gasteiger partial charge in [0.05, 0.1) is 7.11 Å². The summed E-state index contributed by atoms with van der Waals surface area (Å²) in [5.41, 5.74) is 11.4. The first-order valence-electron chi connectivity index (χ1n) is 21.7. The summed E-state index contributed by atoms with van der Waals surface area (Å²) in [4.78, 5) is 13.7. The van der Waals surface area contributed by atoms with Crippen molar-refractivity contribution in [1.29, 1.82) is 0 Å². The lowest BCUT2D eigenvalue weighted by Gasteiger charge is -2.38. The molecule has 0 aliphatic heterocycles. The van der Waals surface area contributed by atoms with Gasteiger partial charge < -0.3 is 23.8 Å². The maximum atomic E-state index is 11.4. The van der Waals surface area contributed by atoms with Gasteiger partial charge in [-0.1, -0.05) is 134 Å². The van der Waals surface area contributed by atoms with Crippen LogP contribution in [-0.2, 0) is 10.2 Å². The van der Waals surface area contributed by atoms with E-state index in [4.69, 9.17) is 18.9 Å². The van der Waals surface area contributed by atoms with E-state index in [1.165, 1.54) is 42.9 Å². The minimum absolute atomic E-state index is 0.0728. The number of hydrogen-bond acceptors (Lipinski definition) is 6. The second kappa shape index (κ2) is 20.0. The monoisotopic (exact) mass is 831 g/mol. The fourth-order valence-electron chi connectivity index (χ4n) is 8.33. The first-order chi connectivity index (χ1) is 30.8. The number of hydrogen-bond donors (Lipinski definition) is 0. The molecule has 0 N–H and O–H groups in total. The zero-order valence-corrected chi connectivity index (χ0v) is 36.2. The maximum absolute atomic E-state index is 11.4. The summed E-state index contributed by atoms with van der Waals surface area (Å²) < 4.78 is 22.6. The van der Waals surface area contributed by atoms with Gasteiger partial charge in [-0.05, 0) is 138 Å². The zero-order chi connectivity index (χ0) is 43.4. The molecule has 0 unspecified atom stereocenters. The van der Waals surface area contributed by atoms with Crippen molar-refractivity contribution < 1.29 is 23.7 Å². The third-order valence-corrected chi connectivity index (χ3v) is 11.8. The van der Waals surface area contributed by atoms with Crippen molar-refractivity contribution in [1.82, 2.24) is 0 Å². The molecule has 1 saturated carbocycles. The molecule has 316 valence electrons. The first kappa shape index (κ1) is 42.4. The minimum Gasteiger partial charge on any atom is -0.497 e. The van der Waals surface area contributed by atoms with E-state index < -0.39 is 0 Å². The Morgan fingerprint density at radius 3 is 1.27 bits per heavy atom. The van der Waals surface area contributed by atoms with Crippen LogP contribution in [-0.4, -0.2) is 19.9 Å². The molecule has 0 radical (unpaired) electrons. The summed E-state index contributed by atoms with van der Waals surface area (Å²) in [6.07, 6.45) is 14.2. The largest absolute Gasteiger partial charge is 0.497 e. The number of benzene rings is 7. The molecule has 0 amide bonds. The molecule has 7 aromatic rings. The van der Waals surface area contributed by atoms with Crippen LogP contribution in [0, 0.1) is 6.92 Å². The van der Waals surface area contributed by atoms with Crippen LogP contribution in [0.25, 0.3) is 24.3 Å². The number of methoxy groups -OCH3 is 1. The van der Waals surface area contributed by atoms with Gasteiger partial charge in [-0.15, -0.1) is 0 Å². The number of esters is 1. The minimum atomic E-state index is -0.310. The molecule has 0 bridgehead atoms. The molecule has 1 aliphatic carbocycles. The van der Waals surface area contributed by atoms with Crippen molar-refractivity contribution in [3.8, 4) is 23.0 Å². The highest BCUT2D eigenvalue weighted by Crippen LogP contribution is 2.45. The van der Waals surface area contributed by atoms with Crippen molar-refractivity contribution >= 4 is 47.3 Å². The standard InChI is InChI=1S/C57H53NO5/c1-42-7-25-50(26-8-42)58(51-27-13-44(14-28-51)9-11-46-17-31-53(60-3)32-18-46)52-29-15-45(16-30-52)10-12-47-19-33-54(34-20-47)61-41-62-55-35-21-48(22-36-55)57(39-5-4-6-40-57)49-23-37-56(38-24-49)63-43(2)59/h7-38H,4-6,39-41H2,1-3H3. The maximum Gasteiger partial charge on any atom is 0.308 e. The molecule has 0 atom stereocenters. The zero-order valence-electron chi connectivity index (χ0n) is 36.2. The molecular weight excluding hydrogens is 779 g/mol. The lowest BCUT2D eigenvalue weighted by molar-refractivity contribution is -0.131. The highest BCUT2D eigenvalue weighted by atomic mass is 16.7. The molecule has 6 heteroatoms. The van der Waals surface area contributed by atoms with E-state index in [-0.39, 0.29) is 18.2 Å². The average molecular weight is 832 g/mol. The van der Waals surface area contributed by atoms with E-state index in [1.807, 2.05) is 60.7 Å². The molecule has 0 saturated heterocycles. The molecule has 0 heterocycles. The average Bonchev–Trinajstić information content (AvgIpc) is 3.33. The molecule has 0 aromatic heterocycles. The van der Waals surface area contributed by atoms with Gasteiger partial charge in [0.2, 0.25) is 6.79 Å². The quantitative estimate of drug-likeness (QED) is 0.0444. The number of anilines is 3. The van der Waals surface area contributed by atoms with Crippen LogP contribution in [0.3, 0.4) is 0 Å². The van der Waals surface area contributed by atoms with E-state index in [2.05, 4.69) is 145 Å². The number of nitrogens with zero attached hydrogens (tertiary/aromatic N) is 1. The predicted molar refractivity (Wildman–Crippen MR) is 257 cm³/mol. The van der Waals surface area contributed by atoms with Crippen LogP contribution in [0.5, 0.6) is 23.0 Å². The fraction of sp³-hybridized carbons (Fsp3) is 0.175. The van der Waals surface area contributed by atoms with E-state index in [9.17, 15) is 4.79 Å².